The molecule has 0 radical (unpaired) electrons. The highest BCUT2D eigenvalue weighted by Gasteiger charge is 2.16. The maximum atomic E-state index is 5.14. The minimum Gasteiger partial charge on any atom is -0.256 e. The van der Waals surface area contributed by atoms with Crippen molar-refractivity contribution >= 4 is 43.2 Å². The highest BCUT2D eigenvalue weighted by atomic mass is 15.0. The van der Waals surface area contributed by atoms with Gasteiger partial charge >= 0.3 is 0 Å². The van der Waals surface area contributed by atoms with Crippen molar-refractivity contribution in [2.24, 2.45) is 0 Å². The molecule has 0 unspecified atom stereocenters. The standard InChI is InChI=1S/C42H26N4/c1-2-10-31-25-33(23-18-27(31)9-1)41-44-40(30-21-19-28(20-22-30)35-17-7-12-29-13-8-24-43-39(29)35)45-42(46-41)38-26-32-11-3-4-14-34(32)36-15-5-6-16-37(36)38/h1-26H. The van der Waals surface area contributed by atoms with Crippen molar-refractivity contribution in [3.05, 3.63) is 158 Å². The first-order valence-electron chi connectivity index (χ1n) is 15.4. The summed E-state index contributed by atoms with van der Waals surface area (Å²) >= 11 is 0. The van der Waals surface area contributed by atoms with Gasteiger partial charge in [-0.05, 0) is 56.1 Å². The lowest BCUT2D eigenvalue weighted by atomic mass is 9.96. The Labute approximate surface area is 265 Å². The zero-order chi connectivity index (χ0) is 30.5. The maximum Gasteiger partial charge on any atom is 0.164 e. The molecular formula is C42H26N4. The van der Waals surface area contributed by atoms with Crippen molar-refractivity contribution in [2.75, 3.05) is 0 Å². The molecule has 0 aliphatic heterocycles. The number of pyridine rings is 1. The molecule has 0 spiro atoms. The number of rotatable bonds is 4. The molecule has 0 N–H and O–H groups in total. The van der Waals surface area contributed by atoms with Crippen molar-refractivity contribution < 1.29 is 0 Å². The first-order valence-corrected chi connectivity index (χ1v) is 15.4. The summed E-state index contributed by atoms with van der Waals surface area (Å²) in [5.74, 6) is 1.93. The van der Waals surface area contributed by atoms with Crippen LogP contribution in [0.1, 0.15) is 0 Å². The van der Waals surface area contributed by atoms with Crippen LogP contribution in [0.3, 0.4) is 0 Å². The summed E-state index contributed by atoms with van der Waals surface area (Å²) in [5, 5.41) is 8.10. The summed E-state index contributed by atoms with van der Waals surface area (Å²) in [4.78, 5) is 20.0. The van der Waals surface area contributed by atoms with Gasteiger partial charge in [-0.1, -0.05) is 133 Å². The third-order valence-electron chi connectivity index (χ3n) is 8.74. The molecule has 2 aromatic heterocycles. The Bertz CT molecular complexity index is 2580. The minimum atomic E-state index is 0.632. The number of hydrogen-bond acceptors (Lipinski definition) is 4. The molecule has 0 aliphatic carbocycles. The summed E-state index contributed by atoms with van der Waals surface area (Å²) in [6.07, 6.45) is 1.84. The lowest BCUT2D eigenvalue weighted by Crippen LogP contribution is -2.01. The van der Waals surface area contributed by atoms with Crippen molar-refractivity contribution in [3.63, 3.8) is 0 Å². The average Bonchev–Trinajstić information content (AvgIpc) is 3.14. The maximum absolute atomic E-state index is 5.14. The fourth-order valence-corrected chi connectivity index (χ4v) is 6.46. The van der Waals surface area contributed by atoms with Crippen LogP contribution in [-0.4, -0.2) is 19.9 Å². The first-order chi connectivity index (χ1) is 22.8. The molecule has 214 valence electrons. The summed E-state index contributed by atoms with van der Waals surface area (Å²) < 4.78 is 0. The Morgan fingerprint density at radius 3 is 1.78 bits per heavy atom. The number of hydrogen-bond donors (Lipinski definition) is 0. The molecule has 0 aliphatic rings. The van der Waals surface area contributed by atoms with Crippen molar-refractivity contribution in [3.8, 4) is 45.3 Å². The highest BCUT2D eigenvalue weighted by Crippen LogP contribution is 2.36. The second-order valence-corrected chi connectivity index (χ2v) is 11.5. The molecule has 9 aromatic rings. The summed E-state index contributed by atoms with van der Waals surface area (Å²) in [6, 6.07) is 52.8. The Morgan fingerprint density at radius 2 is 0.935 bits per heavy atom. The van der Waals surface area contributed by atoms with Crippen LogP contribution in [-0.2, 0) is 0 Å². The molecule has 2 heterocycles. The molecule has 0 saturated heterocycles. The van der Waals surface area contributed by atoms with E-state index in [1.165, 1.54) is 16.2 Å². The van der Waals surface area contributed by atoms with Gasteiger partial charge in [-0.2, -0.15) is 0 Å². The lowest BCUT2D eigenvalue weighted by molar-refractivity contribution is 1.08. The van der Waals surface area contributed by atoms with Crippen LogP contribution in [0.15, 0.2) is 158 Å². The van der Waals surface area contributed by atoms with E-state index in [0.29, 0.717) is 17.5 Å². The minimum absolute atomic E-state index is 0.632. The quantitative estimate of drug-likeness (QED) is 0.193. The number of aromatic nitrogens is 4. The molecule has 0 atom stereocenters. The van der Waals surface area contributed by atoms with Crippen LogP contribution in [0.2, 0.25) is 0 Å². The van der Waals surface area contributed by atoms with E-state index < -0.39 is 0 Å². The van der Waals surface area contributed by atoms with E-state index in [2.05, 4.69) is 151 Å². The van der Waals surface area contributed by atoms with Gasteiger partial charge in [-0.25, -0.2) is 15.0 Å². The number of para-hydroxylation sites is 1. The second kappa shape index (κ2) is 10.7. The summed E-state index contributed by atoms with van der Waals surface area (Å²) in [5.41, 5.74) is 6.04. The van der Waals surface area contributed by atoms with E-state index >= 15 is 0 Å². The normalized spacial score (nSPS) is 11.5. The van der Waals surface area contributed by atoms with Gasteiger partial charge in [0.25, 0.3) is 0 Å². The first kappa shape index (κ1) is 26.2. The van der Waals surface area contributed by atoms with Gasteiger partial charge in [0.2, 0.25) is 0 Å². The SMILES string of the molecule is c1ccc2cc(-c3nc(-c4ccc(-c5cccc6cccnc56)cc4)nc(-c4cc5ccccc5c5ccccc45)n3)ccc2c1. The van der Waals surface area contributed by atoms with Gasteiger partial charge in [0.05, 0.1) is 5.52 Å². The van der Waals surface area contributed by atoms with E-state index in [9.17, 15) is 0 Å². The Balaban J connectivity index is 1.24. The molecule has 0 saturated carbocycles. The van der Waals surface area contributed by atoms with Crippen molar-refractivity contribution in [2.45, 2.75) is 0 Å². The zero-order valence-electron chi connectivity index (χ0n) is 24.8. The Kier molecular flexibility index (Phi) is 6.10. The van der Waals surface area contributed by atoms with Gasteiger partial charge in [0.15, 0.2) is 17.5 Å². The largest absolute Gasteiger partial charge is 0.256 e. The predicted molar refractivity (Wildman–Crippen MR) is 189 cm³/mol. The van der Waals surface area contributed by atoms with Gasteiger partial charge in [0, 0.05) is 33.8 Å². The van der Waals surface area contributed by atoms with Crippen LogP contribution < -0.4 is 0 Å². The molecule has 0 bridgehead atoms. The number of fused-ring (bicyclic) bond motifs is 5. The summed E-state index contributed by atoms with van der Waals surface area (Å²) in [7, 11) is 0. The van der Waals surface area contributed by atoms with Gasteiger partial charge in [0.1, 0.15) is 0 Å². The molecule has 4 nitrogen and oxygen atoms in total. The zero-order valence-corrected chi connectivity index (χ0v) is 24.8. The van der Waals surface area contributed by atoms with Crippen LogP contribution in [0.5, 0.6) is 0 Å². The van der Waals surface area contributed by atoms with Crippen LogP contribution in [0.4, 0.5) is 0 Å². The van der Waals surface area contributed by atoms with Gasteiger partial charge in [-0.15, -0.1) is 0 Å². The van der Waals surface area contributed by atoms with Gasteiger partial charge < -0.3 is 0 Å². The highest BCUT2D eigenvalue weighted by molar-refractivity contribution is 6.13. The average molecular weight is 587 g/mol. The number of nitrogens with zero attached hydrogens (tertiary/aromatic N) is 4. The third kappa shape index (κ3) is 4.47. The molecule has 46 heavy (non-hydrogen) atoms. The Hall–Kier alpha value is -6.26. The van der Waals surface area contributed by atoms with E-state index in [-0.39, 0.29) is 0 Å². The Morgan fingerprint density at radius 1 is 0.326 bits per heavy atom. The molecule has 9 rings (SSSR count). The molecular weight excluding hydrogens is 560 g/mol. The van der Waals surface area contributed by atoms with Crippen molar-refractivity contribution in [1.82, 2.24) is 19.9 Å². The van der Waals surface area contributed by atoms with Crippen molar-refractivity contribution in [1.29, 1.82) is 0 Å². The van der Waals surface area contributed by atoms with Gasteiger partial charge in [-0.3, -0.25) is 4.98 Å². The van der Waals surface area contributed by atoms with E-state index in [4.69, 9.17) is 15.0 Å². The number of benzene rings is 7. The molecule has 4 heteroatoms. The molecule has 7 aromatic carbocycles. The third-order valence-corrected chi connectivity index (χ3v) is 8.74. The summed E-state index contributed by atoms with van der Waals surface area (Å²) in [6.45, 7) is 0. The monoisotopic (exact) mass is 586 g/mol. The van der Waals surface area contributed by atoms with Crippen LogP contribution >= 0.6 is 0 Å². The van der Waals surface area contributed by atoms with Crippen LogP contribution in [0.25, 0.3) is 88.5 Å². The fraction of sp³-hybridized carbons (Fsp3) is 0. The van der Waals surface area contributed by atoms with E-state index in [0.717, 1.165) is 54.9 Å². The smallest absolute Gasteiger partial charge is 0.164 e. The van der Waals surface area contributed by atoms with Crippen LogP contribution in [0, 0.1) is 0 Å². The van der Waals surface area contributed by atoms with E-state index in [1.54, 1.807) is 0 Å². The fourth-order valence-electron chi connectivity index (χ4n) is 6.46. The predicted octanol–water partition coefficient (Wildman–Crippen LogP) is 10.5. The second-order valence-electron chi connectivity index (χ2n) is 11.5. The van der Waals surface area contributed by atoms with E-state index in [1.807, 2.05) is 12.3 Å². The topological polar surface area (TPSA) is 51.6 Å². The molecule has 0 amide bonds. The molecule has 0 fully saturated rings. The lowest BCUT2D eigenvalue weighted by Gasteiger charge is -2.13.